The van der Waals surface area contributed by atoms with Crippen LogP contribution in [0.2, 0.25) is 0 Å². The molecule has 0 N–H and O–H groups in total. The second-order valence-corrected chi connectivity index (χ2v) is 2.49. The third kappa shape index (κ3) is 1.49. The molecule has 1 aromatic heterocycles. The highest BCUT2D eigenvalue weighted by Gasteiger charge is 2.06. The minimum atomic E-state index is -0.488. The van der Waals surface area contributed by atoms with Crippen LogP contribution in [-0.4, -0.2) is 9.97 Å². The van der Waals surface area contributed by atoms with Gasteiger partial charge in [0.25, 0.3) is 0 Å². The molecule has 1 rings (SSSR count). The van der Waals surface area contributed by atoms with Gasteiger partial charge in [0.05, 0.1) is 17.1 Å². The van der Waals surface area contributed by atoms with Crippen LogP contribution >= 0.6 is 0 Å². The largest absolute Gasteiger partial charge is 0.251 e. The van der Waals surface area contributed by atoms with Gasteiger partial charge in [0.2, 0.25) is 5.95 Å². The highest BCUT2D eigenvalue weighted by Crippen LogP contribution is 2.08. The fourth-order valence-electron chi connectivity index (χ4n) is 0.975. The van der Waals surface area contributed by atoms with Crippen LogP contribution in [-0.2, 0) is 6.42 Å². The molecule has 0 saturated heterocycles. The summed E-state index contributed by atoms with van der Waals surface area (Å²) in [6.07, 6.45) is 2.07. The van der Waals surface area contributed by atoms with Crippen molar-refractivity contribution in [2.45, 2.75) is 20.3 Å². The lowest BCUT2D eigenvalue weighted by atomic mass is 10.3. The summed E-state index contributed by atoms with van der Waals surface area (Å²) in [5.74, 6) is -0.488. The van der Waals surface area contributed by atoms with Gasteiger partial charge < -0.3 is 0 Å². The lowest BCUT2D eigenvalue weighted by Crippen LogP contribution is -2.02. The van der Waals surface area contributed by atoms with Gasteiger partial charge >= 0.3 is 0 Å². The Hall–Kier alpha value is -1.25. The second kappa shape index (κ2) is 3.43. The molecular weight excluding hydrogens is 155 g/mol. The van der Waals surface area contributed by atoms with E-state index in [1.165, 1.54) is 6.08 Å². The van der Waals surface area contributed by atoms with Crippen LogP contribution < -0.4 is 0 Å². The fraction of sp³-hybridized carbons (Fsp3) is 0.333. The molecule has 0 fully saturated rings. The van der Waals surface area contributed by atoms with Crippen molar-refractivity contribution < 1.29 is 4.39 Å². The first-order valence-corrected chi connectivity index (χ1v) is 3.84. The predicted octanol–water partition coefficient (Wildman–Crippen LogP) is 2.13. The van der Waals surface area contributed by atoms with Gasteiger partial charge in [-0.25, -0.2) is 4.98 Å². The van der Waals surface area contributed by atoms with Gasteiger partial charge in [-0.05, 0) is 19.4 Å². The van der Waals surface area contributed by atoms with Crippen LogP contribution in [0.15, 0.2) is 6.58 Å². The highest BCUT2D eigenvalue weighted by atomic mass is 19.1. The molecule has 0 aliphatic rings. The Morgan fingerprint density at radius 3 is 2.67 bits per heavy atom. The third-order valence-corrected chi connectivity index (χ3v) is 1.66. The van der Waals surface area contributed by atoms with Crippen LogP contribution in [0.5, 0.6) is 0 Å². The Labute approximate surface area is 71.2 Å². The first kappa shape index (κ1) is 8.84. The van der Waals surface area contributed by atoms with Crippen molar-refractivity contribution in [3.8, 4) is 0 Å². The van der Waals surface area contributed by atoms with E-state index in [0.717, 1.165) is 5.69 Å². The predicted molar refractivity (Wildman–Crippen MR) is 46.2 cm³/mol. The number of hydrogen-bond acceptors (Lipinski definition) is 2. The molecule has 0 saturated carbocycles. The average molecular weight is 166 g/mol. The van der Waals surface area contributed by atoms with Gasteiger partial charge in [0, 0.05) is 0 Å². The first-order valence-electron chi connectivity index (χ1n) is 3.84. The zero-order chi connectivity index (χ0) is 9.14. The third-order valence-electron chi connectivity index (χ3n) is 1.66. The molecule has 12 heavy (non-hydrogen) atoms. The van der Waals surface area contributed by atoms with Crippen LogP contribution in [0.4, 0.5) is 4.39 Å². The van der Waals surface area contributed by atoms with Gasteiger partial charge in [0.15, 0.2) is 0 Å². The molecule has 2 nitrogen and oxygen atoms in total. The monoisotopic (exact) mass is 166 g/mol. The maximum absolute atomic E-state index is 13.0. The summed E-state index contributed by atoms with van der Waals surface area (Å²) < 4.78 is 13.0. The smallest absolute Gasteiger partial charge is 0.235 e. The molecule has 0 aliphatic heterocycles. The number of aryl methyl sites for hydroxylation is 2. The van der Waals surface area contributed by atoms with E-state index in [1.807, 2.05) is 6.92 Å². The Kier molecular flexibility index (Phi) is 2.53. The van der Waals surface area contributed by atoms with Gasteiger partial charge in [-0.2, -0.15) is 4.39 Å². The van der Waals surface area contributed by atoms with Gasteiger partial charge in [-0.3, -0.25) is 4.98 Å². The number of hydrogen-bond donors (Lipinski definition) is 0. The summed E-state index contributed by atoms with van der Waals surface area (Å²) in [5, 5.41) is 0. The molecule has 0 radical (unpaired) electrons. The summed E-state index contributed by atoms with van der Waals surface area (Å²) in [6, 6.07) is 0. The summed E-state index contributed by atoms with van der Waals surface area (Å²) in [6.45, 7) is 7.16. The average Bonchev–Trinajstić information content (AvgIpc) is 2.08. The van der Waals surface area contributed by atoms with E-state index >= 15 is 0 Å². The fourth-order valence-corrected chi connectivity index (χ4v) is 0.975. The van der Waals surface area contributed by atoms with Crippen molar-refractivity contribution in [3.63, 3.8) is 0 Å². The molecule has 1 aromatic rings. The Morgan fingerprint density at radius 2 is 2.17 bits per heavy atom. The van der Waals surface area contributed by atoms with Crippen molar-refractivity contribution in [3.05, 3.63) is 29.6 Å². The molecule has 0 aromatic carbocycles. The summed E-state index contributed by atoms with van der Waals surface area (Å²) in [4.78, 5) is 7.77. The van der Waals surface area contributed by atoms with E-state index < -0.39 is 5.95 Å². The lowest BCUT2D eigenvalue weighted by Gasteiger charge is -2.02. The Bertz CT molecular complexity index is 308. The van der Waals surface area contributed by atoms with Gasteiger partial charge in [-0.15, -0.1) is 0 Å². The number of nitrogens with zero attached hydrogens (tertiary/aromatic N) is 2. The molecule has 0 atom stereocenters. The topological polar surface area (TPSA) is 25.8 Å². The SMILES string of the molecule is C=Cc1nc(F)c(CC)nc1C. The summed E-state index contributed by atoms with van der Waals surface area (Å²) >= 11 is 0. The molecule has 0 amide bonds. The van der Waals surface area contributed by atoms with Crippen molar-refractivity contribution in [2.75, 3.05) is 0 Å². The lowest BCUT2D eigenvalue weighted by molar-refractivity contribution is 0.554. The number of aromatic nitrogens is 2. The van der Waals surface area contributed by atoms with Crippen LogP contribution in [0, 0.1) is 12.9 Å². The minimum absolute atomic E-state index is 0.415. The minimum Gasteiger partial charge on any atom is -0.251 e. The molecule has 0 spiro atoms. The molecule has 0 unspecified atom stereocenters. The van der Waals surface area contributed by atoms with Gasteiger partial charge in [-0.1, -0.05) is 13.5 Å². The van der Waals surface area contributed by atoms with Crippen molar-refractivity contribution >= 4 is 6.08 Å². The van der Waals surface area contributed by atoms with Crippen molar-refractivity contribution in [1.82, 2.24) is 9.97 Å². The first-order chi connectivity index (χ1) is 5.69. The van der Waals surface area contributed by atoms with Gasteiger partial charge in [0.1, 0.15) is 0 Å². The Morgan fingerprint density at radius 1 is 1.50 bits per heavy atom. The van der Waals surface area contributed by atoms with E-state index in [9.17, 15) is 4.39 Å². The van der Waals surface area contributed by atoms with Crippen LogP contribution in [0.25, 0.3) is 6.08 Å². The zero-order valence-corrected chi connectivity index (χ0v) is 7.26. The number of halogens is 1. The molecular formula is C9H11FN2. The highest BCUT2D eigenvalue weighted by molar-refractivity contribution is 5.43. The van der Waals surface area contributed by atoms with Crippen LogP contribution in [0.1, 0.15) is 24.0 Å². The normalized spacial score (nSPS) is 9.92. The second-order valence-electron chi connectivity index (χ2n) is 2.49. The summed E-state index contributed by atoms with van der Waals surface area (Å²) in [5.41, 5.74) is 1.66. The number of rotatable bonds is 2. The quantitative estimate of drug-likeness (QED) is 0.672. The molecule has 0 bridgehead atoms. The molecule has 0 aliphatic carbocycles. The van der Waals surface area contributed by atoms with E-state index in [4.69, 9.17) is 0 Å². The maximum atomic E-state index is 13.0. The summed E-state index contributed by atoms with van der Waals surface area (Å²) in [7, 11) is 0. The van der Waals surface area contributed by atoms with E-state index in [1.54, 1.807) is 6.92 Å². The standard InChI is InChI=1S/C9H11FN2/c1-4-7-6(3)11-8(5-2)9(10)12-7/h4H,1,5H2,2-3H3. The van der Waals surface area contributed by atoms with Crippen molar-refractivity contribution in [2.24, 2.45) is 0 Å². The van der Waals surface area contributed by atoms with E-state index in [2.05, 4.69) is 16.5 Å². The van der Waals surface area contributed by atoms with E-state index in [0.29, 0.717) is 17.8 Å². The van der Waals surface area contributed by atoms with Crippen LogP contribution in [0.3, 0.4) is 0 Å². The molecule has 64 valence electrons. The molecule has 3 heteroatoms. The zero-order valence-electron chi connectivity index (χ0n) is 7.26. The van der Waals surface area contributed by atoms with E-state index in [-0.39, 0.29) is 0 Å². The maximum Gasteiger partial charge on any atom is 0.235 e. The Balaban J connectivity index is 3.25. The van der Waals surface area contributed by atoms with Crippen molar-refractivity contribution in [1.29, 1.82) is 0 Å². The molecule has 1 heterocycles.